The Hall–Kier alpha value is -2.22. The molecule has 0 saturated carbocycles. The largest absolute Gasteiger partial charge is 0.358 e. The Kier molecular flexibility index (Phi) is 6.60. The zero-order valence-electron chi connectivity index (χ0n) is 20.1. The molecule has 1 aliphatic heterocycles. The second-order valence-corrected chi connectivity index (χ2v) is 9.61. The summed E-state index contributed by atoms with van der Waals surface area (Å²) in [5, 5.41) is 0. The van der Waals surface area contributed by atoms with E-state index in [1.54, 1.807) is 6.07 Å². The monoisotopic (exact) mass is 555 g/mol. The average molecular weight is 556 g/mol. The minimum absolute atomic E-state index is 0. The molecule has 2 aromatic carbocycles. The van der Waals surface area contributed by atoms with Crippen LogP contribution in [0.5, 0.6) is 0 Å². The first-order valence-electron chi connectivity index (χ1n) is 11.2. The van der Waals surface area contributed by atoms with Crippen LogP contribution in [0.1, 0.15) is 168 Å². The van der Waals surface area contributed by atoms with Crippen molar-refractivity contribution in [2.24, 2.45) is 5.92 Å². The van der Waals surface area contributed by atoms with Gasteiger partial charge in [-0.3, -0.25) is 0 Å². The van der Waals surface area contributed by atoms with Crippen molar-refractivity contribution in [2.75, 3.05) is 13.6 Å². The van der Waals surface area contributed by atoms with Gasteiger partial charge in [0, 0.05) is 107 Å². The fourth-order valence-electron chi connectivity index (χ4n) is 4.91. The van der Waals surface area contributed by atoms with Crippen molar-refractivity contribution >= 4 is 5.69 Å². The van der Waals surface area contributed by atoms with Crippen LogP contribution in [0.4, 0.5) is 10.1 Å². The van der Waals surface area contributed by atoms with Crippen LogP contribution < -0.4 is 0 Å². The minimum atomic E-state index is -0.653. The molecule has 0 fully saturated rings. The van der Waals surface area contributed by atoms with Gasteiger partial charge >= 0.3 is 0 Å². The topological polar surface area (TPSA) is 16.8 Å². The fourth-order valence-corrected chi connectivity index (χ4v) is 4.91. The van der Waals surface area contributed by atoms with Gasteiger partial charge in [-0.1, -0.05) is 25.1 Å². The van der Waals surface area contributed by atoms with Gasteiger partial charge in [-0.2, -0.15) is 0 Å². The standard InChI is InChI=1S/C27H35FN2O.66H2/c1-16(2)30(9)15-17(3)14-27(23-10-11-25(28)20(6)19(23)5)24-12-18(4)26(29-8)13-22(24)21(7)31-27;;;;;;;;;;;;;;;;;;;;;;;;;;;;;;;;;;;;;;;;;;;;;;;;;;;;;;;;;;;;;;;;;;/h10-13,16-17,21H,14-15H2,1-7,9H3;66*1H/t17?,21?,27-;;;;;;;;;;;;;;;;;;;;;;;;;;;;;;;;;;;;;;;;;;;;;;;;;;;;;;;;;;;;;;;;;;/m0................................................................../s1. The van der Waals surface area contributed by atoms with Gasteiger partial charge in [-0.05, 0) is 100 Å². The van der Waals surface area contributed by atoms with Crippen molar-refractivity contribution in [1.82, 2.24) is 4.90 Å². The molecule has 0 amide bonds. The molecule has 3 atom stereocenters. The van der Waals surface area contributed by atoms with Crippen molar-refractivity contribution in [2.45, 2.75) is 72.6 Å². The molecule has 0 aromatic heterocycles. The van der Waals surface area contributed by atoms with Crippen LogP contribution in [0, 0.1) is 39.1 Å². The Labute approximate surface area is 285 Å². The maximum absolute atomic E-state index is 14.3. The van der Waals surface area contributed by atoms with Crippen molar-refractivity contribution in [3.8, 4) is 0 Å². The maximum Gasteiger partial charge on any atom is 0.190 e. The van der Waals surface area contributed by atoms with Crippen molar-refractivity contribution in [1.29, 1.82) is 0 Å². The minimum Gasteiger partial charge on any atom is -0.358 e. The number of rotatable bonds is 6. The van der Waals surface area contributed by atoms with E-state index in [1.165, 1.54) is 0 Å². The van der Waals surface area contributed by atoms with Gasteiger partial charge in [0.1, 0.15) is 11.4 Å². The van der Waals surface area contributed by atoms with E-state index in [-0.39, 0.29) is 106 Å². The fraction of sp³-hybridized carbons (Fsp3) is 0.519. The number of aryl methyl sites for hydroxylation is 1. The first kappa shape index (κ1) is 23.4. The molecule has 31 heavy (non-hydrogen) atoms. The van der Waals surface area contributed by atoms with Crippen LogP contribution in [0.3, 0.4) is 0 Å². The number of halogens is 1. The summed E-state index contributed by atoms with van der Waals surface area (Å²) >= 11 is 0. The molecule has 298 valence electrons. The maximum atomic E-state index is 14.3. The Balaban J connectivity index is -0.00000000266. The van der Waals surface area contributed by atoms with Crippen LogP contribution in [0.25, 0.3) is 4.85 Å². The van der Waals surface area contributed by atoms with E-state index in [9.17, 15) is 4.39 Å². The van der Waals surface area contributed by atoms with Crippen LogP contribution in [0.2, 0.25) is 0 Å². The van der Waals surface area contributed by atoms with Crippen molar-refractivity contribution in [3.05, 3.63) is 74.9 Å². The zero-order valence-corrected chi connectivity index (χ0v) is 20.1. The molecule has 0 aliphatic carbocycles. The Morgan fingerprint density at radius 3 is 2.45 bits per heavy atom. The molecule has 4 heteroatoms. The van der Waals surface area contributed by atoms with Gasteiger partial charge in [0.25, 0.3) is 0 Å². The van der Waals surface area contributed by atoms with E-state index >= 15 is 0 Å². The summed E-state index contributed by atoms with van der Waals surface area (Å²) in [5.41, 5.74) is 5.81. The normalized spacial score (nSPS) is 21.4. The molecular weight excluding hydrogens is 387 g/mol. The molecule has 2 unspecified atom stereocenters. The van der Waals surface area contributed by atoms with Gasteiger partial charge in [0.2, 0.25) is 0 Å². The molecule has 3 nitrogen and oxygen atoms in total. The lowest BCUT2D eigenvalue weighted by Gasteiger charge is -2.37. The van der Waals surface area contributed by atoms with E-state index in [0.29, 0.717) is 23.2 Å². The highest BCUT2D eigenvalue weighted by molar-refractivity contribution is 5.61. The Morgan fingerprint density at radius 2 is 1.84 bits per heavy atom. The number of nitrogens with zero attached hydrogens (tertiary/aromatic N) is 2. The smallest absolute Gasteiger partial charge is 0.190 e. The van der Waals surface area contributed by atoms with Crippen LogP contribution >= 0.6 is 0 Å². The van der Waals surface area contributed by atoms with Crippen molar-refractivity contribution < 1.29 is 103 Å². The summed E-state index contributed by atoms with van der Waals surface area (Å²) in [4.78, 5) is 6.06. The summed E-state index contributed by atoms with van der Waals surface area (Å²) in [6.07, 6.45) is 0.667. The molecule has 3 rings (SSSR count). The number of hydrogen-bond acceptors (Lipinski definition) is 2. The van der Waals surface area contributed by atoms with Crippen molar-refractivity contribution in [3.63, 3.8) is 0 Å². The van der Waals surface area contributed by atoms with Gasteiger partial charge in [0.05, 0.1) is 12.7 Å². The second-order valence-electron chi connectivity index (χ2n) is 9.61. The number of benzene rings is 2. The lowest BCUT2D eigenvalue weighted by atomic mass is 9.76. The van der Waals surface area contributed by atoms with E-state index < -0.39 is 5.60 Å². The van der Waals surface area contributed by atoms with Crippen LogP contribution in [0.15, 0.2) is 24.3 Å². The third-order valence-electron chi connectivity index (χ3n) is 7.01. The molecule has 1 aliphatic rings. The van der Waals surface area contributed by atoms with Crippen LogP contribution in [-0.2, 0) is 10.3 Å². The molecular formula is C27H167FN2O. The van der Waals surface area contributed by atoms with E-state index in [4.69, 9.17) is 11.3 Å². The molecule has 0 saturated heterocycles. The lowest BCUT2D eigenvalue weighted by Crippen LogP contribution is -2.36. The molecule has 2 aromatic rings. The third-order valence-corrected chi connectivity index (χ3v) is 7.01. The molecule has 0 spiro atoms. The summed E-state index contributed by atoms with van der Waals surface area (Å²) in [7, 11) is 2.15. The molecule has 1 heterocycles. The average Bonchev–Trinajstić information content (AvgIpc) is 2.96. The SMILES string of the molecule is [C-]#[N+]c1cc2c(cc1C)[C@](CC(C)CN(C)C(C)C)(c1ccc(F)c(C)c1C)OC2C.[HH].[HH].[HH].[HH].[HH].[HH].[HH].[HH].[HH].[HH].[HH].[HH].[HH].[HH].[HH].[HH].[HH].[HH].[HH].[HH].[HH].[HH].[HH].[HH].[HH].[HH].[HH].[HH].[HH].[HH].[HH].[HH].[HH].[HH].[HH].[HH].[HH].[HH].[HH].[HH].[HH].[HH].[HH].[HH].[HH].[HH].[HH].[HH].[HH].[HH].[HH].[HH].[HH].[HH].[HH].[HH].[HH].[HH].[HH].[HH].[HH].[HH].[HH].[HH].[HH].[HH]. The number of fused-ring (bicyclic) bond motifs is 1. The van der Waals surface area contributed by atoms with Gasteiger partial charge in [0.15, 0.2) is 5.69 Å². The quantitative estimate of drug-likeness (QED) is 0.330. The van der Waals surface area contributed by atoms with E-state index in [1.807, 2.05) is 32.9 Å². The predicted octanol–water partition coefficient (Wildman–Crippen LogP) is 23.2. The Morgan fingerprint density at radius 1 is 1.16 bits per heavy atom. The van der Waals surface area contributed by atoms with E-state index in [2.05, 4.69) is 50.6 Å². The van der Waals surface area contributed by atoms with Gasteiger partial charge in [-0.25, -0.2) is 9.24 Å². The van der Waals surface area contributed by atoms with Crippen LogP contribution in [-0.4, -0.2) is 24.5 Å². The summed E-state index contributed by atoms with van der Waals surface area (Å²) in [5.74, 6) is 0.172. The molecule has 0 N–H and O–H groups in total. The summed E-state index contributed by atoms with van der Waals surface area (Å²) in [6, 6.07) is 8.05. The summed E-state index contributed by atoms with van der Waals surface area (Å²) < 4.78 is 21.2. The van der Waals surface area contributed by atoms with Gasteiger partial charge in [-0.15, -0.1) is 0 Å². The second kappa shape index (κ2) is 8.73. The third kappa shape index (κ3) is 4.14. The number of ether oxygens (including phenoxy) is 1. The predicted molar refractivity (Wildman–Crippen MR) is 265 cm³/mol. The highest BCUT2D eigenvalue weighted by Crippen LogP contribution is 2.53. The molecule has 0 bridgehead atoms. The number of hydrogen-bond donors (Lipinski definition) is 0. The molecule has 0 radical (unpaired) electrons. The van der Waals surface area contributed by atoms with Gasteiger partial charge < -0.3 is 9.64 Å². The van der Waals surface area contributed by atoms with E-state index in [0.717, 1.165) is 40.8 Å². The highest BCUT2D eigenvalue weighted by Gasteiger charge is 2.47. The lowest BCUT2D eigenvalue weighted by molar-refractivity contribution is -0.0567. The summed E-state index contributed by atoms with van der Waals surface area (Å²) in [6.45, 7) is 23.0. The zero-order chi connectivity index (χ0) is 23.1. The Bertz CT molecular complexity index is 1110. The highest BCUT2D eigenvalue weighted by atomic mass is 19.1. The first-order valence-corrected chi connectivity index (χ1v) is 11.2. The first-order chi connectivity index (χ1) is 14.5.